The summed E-state index contributed by atoms with van der Waals surface area (Å²) in [6.45, 7) is -1.10. The molecule has 0 N–H and O–H groups in total. The van der Waals surface area contributed by atoms with Crippen molar-refractivity contribution in [1.82, 2.24) is 0 Å². The van der Waals surface area contributed by atoms with Gasteiger partial charge in [-0.3, -0.25) is 0 Å². The Kier molecular flexibility index (Phi) is 10.5. The van der Waals surface area contributed by atoms with Crippen LogP contribution >= 0.6 is 0 Å². The lowest BCUT2D eigenvalue weighted by Gasteiger charge is -2.33. The number of benzene rings is 2. The Labute approximate surface area is 204 Å². The first-order valence-corrected chi connectivity index (χ1v) is 10.7. The summed E-state index contributed by atoms with van der Waals surface area (Å²) in [5.41, 5.74) is -3.28. The summed E-state index contributed by atoms with van der Waals surface area (Å²) >= 11 is 0. The van der Waals surface area contributed by atoms with E-state index in [0.717, 1.165) is 37.0 Å². The quantitative estimate of drug-likeness (QED) is 0.158. The number of hydrogen-bond acceptors (Lipinski definition) is 5. The molecule has 11 heteroatoms. The van der Waals surface area contributed by atoms with Gasteiger partial charge in [0.25, 0.3) is 5.60 Å². The molecule has 0 spiro atoms. The third-order valence-electron chi connectivity index (χ3n) is 5.30. The number of hydrogen-bond donors (Lipinski definition) is 0. The molecular weight excluding hydrogens is 494 g/mol. The fourth-order valence-corrected chi connectivity index (χ4v) is 3.43. The Morgan fingerprint density at radius 1 is 0.917 bits per heavy atom. The molecule has 0 bridgehead atoms. The summed E-state index contributed by atoms with van der Waals surface area (Å²) in [7, 11) is 1.59. The zero-order valence-corrected chi connectivity index (χ0v) is 19.5. The number of esters is 1. The summed E-state index contributed by atoms with van der Waals surface area (Å²) < 4.78 is 102. The van der Waals surface area contributed by atoms with Gasteiger partial charge in [-0.2, -0.15) is 26.3 Å². The van der Waals surface area contributed by atoms with Gasteiger partial charge < -0.3 is 18.9 Å². The van der Waals surface area contributed by atoms with Crippen molar-refractivity contribution in [2.45, 2.75) is 30.7 Å². The van der Waals surface area contributed by atoms with Gasteiger partial charge in [-0.1, -0.05) is 72.8 Å². The molecule has 0 saturated carbocycles. The minimum absolute atomic E-state index is 0.160. The van der Waals surface area contributed by atoms with Crippen LogP contribution in [0.15, 0.2) is 72.8 Å². The van der Waals surface area contributed by atoms with Crippen molar-refractivity contribution >= 4 is 5.97 Å². The summed E-state index contributed by atoms with van der Waals surface area (Å²) in [5.74, 6) is -4.20. The van der Waals surface area contributed by atoms with Gasteiger partial charge in [-0.15, -0.1) is 0 Å². The number of alkyl halides is 6. The average Bonchev–Trinajstić information content (AvgIpc) is 2.83. The van der Waals surface area contributed by atoms with Crippen LogP contribution in [-0.2, 0) is 35.9 Å². The first-order chi connectivity index (χ1) is 17.0. The van der Waals surface area contributed by atoms with Gasteiger partial charge in [0, 0.05) is 19.8 Å². The van der Waals surface area contributed by atoms with Gasteiger partial charge in [0.15, 0.2) is 0 Å². The summed E-state index contributed by atoms with van der Waals surface area (Å²) in [6.07, 6.45) is -10.0. The highest BCUT2D eigenvalue weighted by Gasteiger charge is 2.64. The SMILES string of the molecule is CO[C@H](COC(=O)C(OC)(c1ccccc1)C(F)(F)F)[C@@H](/C=C/COCc1ccccc1)C(F)(F)F. The van der Waals surface area contributed by atoms with Crippen LogP contribution in [-0.4, -0.2) is 51.9 Å². The minimum atomic E-state index is -5.26. The van der Waals surface area contributed by atoms with E-state index in [2.05, 4.69) is 4.74 Å². The molecule has 0 heterocycles. The molecule has 2 aromatic carbocycles. The highest BCUT2D eigenvalue weighted by Crippen LogP contribution is 2.43. The highest BCUT2D eigenvalue weighted by molar-refractivity contribution is 5.82. The van der Waals surface area contributed by atoms with Crippen molar-refractivity contribution in [2.24, 2.45) is 5.92 Å². The van der Waals surface area contributed by atoms with Crippen LogP contribution < -0.4 is 0 Å². The number of ether oxygens (including phenoxy) is 4. The number of carbonyl (C=O) groups excluding carboxylic acids is 1. The lowest BCUT2D eigenvalue weighted by atomic mass is 9.92. The zero-order valence-electron chi connectivity index (χ0n) is 19.5. The van der Waals surface area contributed by atoms with Crippen LogP contribution in [0.5, 0.6) is 0 Å². The monoisotopic (exact) mass is 520 g/mol. The smallest absolute Gasteiger partial charge is 0.432 e. The van der Waals surface area contributed by atoms with Crippen molar-refractivity contribution in [3.8, 4) is 0 Å². The first kappa shape index (κ1) is 29.3. The maximum absolute atomic E-state index is 14.0. The minimum Gasteiger partial charge on any atom is -0.460 e. The Bertz CT molecular complexity index is 962. The number of rotatable bonds is 12. The Morgan fingerprint density at radius 2 is 1.50 bits per heavy atom. The van der Waals surface area contributed by atoms with E-state index in [1.54, 1.807) is 30.3 Å². The van der Waals surface area contributed by atoms with E-state index in [0.29, 0.717) is 7.11 Å². The predicted octanol–water partition coefficient (Wildman–Crippen LogP) is 5.60. The van der Waals surface area contributed by atoms with Gasteiger partial charge >= 0.3 is 18.3 Å². The zero-order chi connectivity index (χ0) is 26.8. The molecular formula is C25H26F6O5. The molecule has 0 aliphatic rings. The molecule has 0 aliphatic carbocycles. The van der Waals surface area contributed by atoms with Crippen LogP contribution in [0.2, 0.25) is 0 Å². The largest absolute Gasteiger partial charge is 0.460 e. The third kappa shape index (κ3) is 7.31. The van der Waals surface area contributed by atoms with E-state index in [4.69, 9.17) is 14.2 Å². The molecule has 1 unspecified atom stereocenters. The first-order valence-electron chi connectivity index (χ1n) is 10.7. The maximum atomic E-state index is 14.0. The van der Waals surface area contributed by atoms with E-state index in [1.165, 1.54) is 18.2 Å². The lowest BCUT2D eigenvalue weighted by molar-refractivity contribution is -0.278. The van der Waals surface area contributed by atoms with Gasteiger partial charge in [0.05, 0.1) is 13.2 Å². The Hall–Kier alpha value is -2.89. The van der Waals surface area contributed by atoms with Crippen LogP contribution in [0.3, 0.4) is 0 Å². The van der Waals surface area contributed by atoms with Crippen molar-refractivity contribution in [3.05, 3.63) is 83.9 Å². The summed E-state index contributed by atoms with van der Waals surface area (Å²) in [6, 6.07) is 14.9. The number of methoxy groups -OCH3 is 2. The molecule has 5 nitrogen and oxygen atoms in total. The van der Waals surface area contributed by atoms with Gasteiger partial charge in [-0.25, -0.2) is 4.79 Å². The normalized spacial score (nSPS) is 15.9. The molecule has 2 aromatic rings. The molecule has 0 amide bonds. The molecule has 36 heavy (non-hydrogen) atoms. The molecule has 0 aliphatic heterocycles. The Balaban J connectivity index is 2.13. The second-order valence-corrected chi connectivity index (χ2v) is 7.62. The predicted molar refractivity (Wildman–Crippen MR) is 118 cm³/mol. The molecule has 0 aromatic heterocycles. The summed E-state index contributed by atoms with van der Waals surface area (Å²) in [5, 5.41) is 0. The van der Waals surface area contributed by atoms with Crippen LogP contribution in [0, 0.1) is 5.92 Å². The lowest BCUT2D eigenvalue weighted by Crippen LogP contribution is -2.52. The maximum Gasteiger partial charge on any atom is 0.432 e. The van der Waals surface area contributed by atoms with E-state index in [1.807, 2.05) is 0 Å². The van der Waals surface area contributed by atoms with Crippen LogP contribution in [0.4, 0.5) is 26.3 Å². The number of carbonyl (C=O) groups is 1. The van der Waals surface area contributed by atoms with E-state index >= 15 is 0 Å². The molecule has 198 valence electrons. The van der Waals surface area contributed by atoms with Crippen molar-refractivity contribution in [1.29, 1.82) is 0 Å². The Morgan fingerprint density at radius 3 is 2.00 bits per heavy atom. The van der Waals surface area contributed by atoms with Gasteiger partial charge in [0.2, 0.25) is 0 Å². The van der Waals surface area contributed by atoms with E-state index < -0.39 is 48.1 Å². The van der Waals surface area contributed by atoms with E-state index in [-0.39, 0.29) is 13.2 Å². The summed E-state index contributed by atoms with van der Waals surface area (Å²) in [4.78, 5) is 12.6. The van der Waals surface area contributed by atoms with Crippen LogP contribution in [0.25, 0.3) is 0 Å². The second kappa shape index (κ2) is 12.9. The second-order valence-electron chi connectivity index (χ2n) is 7.62. The molecule has 0 radical (unpaired) electrons. The van der Waals surface area contributed by atoms with Gasteiger partial charge in [-0.05, 0) is 5.56 Å². The molecule has 3 atom stereocenters. The van der Waals surface area contributed by atoms with Crippen molar-refractivity contribution in [2.75, 3.05) is 27.4 Å². The van der Waals surface area contributed by atoms with E-state index in [9.17, 15) is 31.1 Å². The van der Waals surface area contributed by atoms with Gasteiger partial charge in [0.1, 0.15) is 18.6 Å². The molecule has 0 fully saturated rings. The standard InChI is InChI=1S/C25H26F6O5/c1-33-21(20(24(26,27)28)14-9-15-35-16-18-10-5-3-6-11-18)17-36-22(32)23(34-2,25(29,30)31)19-12-7-4-8-13-19/h3-14,20-21H,15-17H2,1-2H3/b14-9+/t20-,21-,23?/m1/s1. The van der Waals surface area contributed by atoms with Crippen molar-refractivity contribution < 1.29 is 50.1 Å². The molecule has 2 rings (SSSR count). The fourth-order valence-electron chi connectivity index (χ4n) is 3.43. The number of halogens is 6. The van der Waals surface area contributed by atoms with Crippen molar-refractivity contribution in [3.63, 3.8) is 0 Å². The topological polar surface area (TPSA) is 54.0 Å². The highest BCUT2D eigenvalue weighted by atomic mass is 19.4. The molecule has 0 saturated heterocycles. The van der Waals surface area contributed by atoms with Crippen LogP contribution in [0.1, 0.15) is 11.1 Å². The fraction of sp³-hybridized carbons (Fsp3) is 0.400. The third-order valence-corrected chi connectivity index (χ3v) is 5.30. The average molecular weight is 520 g/mol.